The topological polar surface area (TPSA) is 55.8 Å². The number of aliphatic hydroxyl groups is 1. The third-order valence-corrected chi connectivity index (χ3v) is 4.90. The van der Waals surface area contributed by atoms with E-state index in [4.69, 9.17) is 9.05 Å². The van der Waals surface area contributed by atoms with Gasteiger partial charge in [-0.2, -0.15) is 0 Å². The molecule has 0 aliphatic heterocycles. The van der Waals surface area contributed by atoms with E-state index in [0.29, 0.717) is 6.42 Å². The first kappa shape index (κ1) is 17.4. The van der Waals surface area contributed by atoms with E-state index in [1.165, 1.54) is 0 Å². The molecule has 0 bridgehead atoms. The molecule has 4 nitrogen and oxygen atoms in total. The molecule has 0 radical (unpaired) electrons. The first-order valence-corrected chi connectivity index (χ1v) is 8.74. The Kier molecular flexibility index (Phi) is 6.90. The molecule has 0 spiro atoms. The minimum absolute atomic E-state index is 0.173. The molecule has 114 valence electrons. The van der Waals surface area contributed by atoms with Gasteiger partial charge < -0.3 is 14.2 Å². The van der Waals surface area contributed by atoms with Gasteiger partial charge in [-0.3, -0.25) is 4.57 Å². The fourth-order valence-electron chi connectivity index (χ4n) is 1.89. The van der Waals surface area contributed by atoms with Crippen molar-refractivity contribution in [3.63, 3.8) is 0 Å². The Morgan fingerprint density at radius 3 is 2.00 bits per heavy atom. The summed E-state index contributed by atoms with van der Waals surface area (Å²) in [6.07, 6.45) is -0.446. The summed E-state index contributed by atoms with van der Waals surface area (Å²) >= 11 is 0. The van der Waals surface area contributed by atoms with E-state index >= 15 is 0 Å². The SMILES string of the molecule is CC(C)OP(=O)(CC[C@@H](O)c1ccccc1)OC(C)C. The Morgan fingerprint density at radius 2 is 1.55 bits per heavy atom. The van der Waals surface area contributed by atoms with Crippen LogP contribution in [0.3, 0.4) is 0 Å². The third-order valence-electron chi connectivity index (χ3n) is 2.60. The lowest BCUT2D eigenvalue weighted by molar-refractivity contribution is 0.133. The molecule has 0 aliphatic rings. The van der Waals surface area contributed by atoms with E-state index in [9.17, 15) is 9.67 Å². The van der Waals surface area contributed by atoms with Gasteiger partial charge in [0.2, 0.25) is 0 Å². The van der Waals surface area contributed by atoms with Gasteiger partial charge in [0.05, 0.1) is 24.5 Å². The summed E-state index contributed by atoms with van der Waals surface area (Å²) in [4.78, 5) is 0. The normalized spacial score (nSPS) is 13.9. The largest absolute Gasteiger partial charge is 0.388 e. The van der Waals surface area contributed by atoms with Crippen molar-refractivity contribution in [2.45, 2.75) is 52.4 Å². The highest BCUT2D eigenvalue weighted by molar-refractivity contribution is 7.53. The summed E-state index contributed by atoms with van der Waals surface area (Å²) in [5, 5.41) is 10.1. The van der Waals surface area contributed by atoms with Crippen molar-refractivity contribution in [1.29, 1.82) is 0 Å². The summed E-state index contributed by atoms with van der Waals surface area (Å²) in [6, 6.07) is 9.33. The van der Waals surface area contributed by atoms with Crippen molar-refractivity contribution in [1.82, 2.24) is 0 Å². The number of hydrogen-bond donors (Lipinski definition) is 1. The van der Waals surface area contributed by atoms with E-state index in [-0.39, 0.29) is 18.4 Å². The molecule has 1 aromatic carbocycles. The van der Waals surface area contributed by atoms with Crippen molar-refractivity contribution in [3.05, 3.63) is 35.9 Å². The predicted molar refractivity (Wildman–Crippen MR) is 80.9 cm³/mol. The van der Waals surface area contributed by atoms with Crippen LogP contribution in [0.15, 0.2) is 30.3 Å². The Bertz CT molecular complexity index is 417. The Morgan fingerprint density at radius 1 is 1.05 bits per heavy atom. The molecule has 1 rings (SSSR count). The van der Waals surface area contributed by atoms with Crippen molar-refractivity contribution in [2.75, 3.05) is 6.16 Å². The zero-order valence-corrected chi connectivity index (χ0v) is 13.5. The van der Waals surface area contributed by atoms with Gasteiger partial charge in [0.25, 0.3) is 0 Å². The Balaban J connectivity index is 2.64. The van der Waals surface area contributed by atoms with Crippen LogP contribution in [0.5, 0.6) is 0 Å². The van der Waals surface area contributed by atoms with Crippen LogP contribution >= 0.6 is 7.60 Å². The predicted octanol–water partition coefficient (Wildman–Crippen LogP) is 4.15. The van der Waals surface area contributed by atoms with Crippen molar-refractivity contribution in [3.8, 4) is 0 Å². The van der Waals surface area contributed by atoms with Gasteiger partial charge in [0.15, 0.2) is 0 Å². The molecule has 20 heavy (non-hydrogen) atoms. The molecule has 0 unspecified atom stereocenters. The molecule has 5 heteroatoms. The number of benzene rings is 1. The standard InChI is InChI=1S/C15H25O4P/c1-12(2)18-20(17,19-13(3)4)11-10-15(16)14-8-6-5-7-9-14/h5-9,12-13,15-16H,10-11H2,1-4H3/t15-/m1/s1. The van der Waals surface area contributed by atoms with Crippen LogP contribution in [-0.2, 0) is 13.6 Å². The average molecular weight is 300 g/mol. The Labute approximate surface area is 121 Å². The van der Waals surface area contributed by atoms with Gasteiger partial charge in [-0.15, -0.1) is 0 Å². The van der Waals surface area contributed by atoms with Crippen LogP contribution in [0.25, 0.3) is 0 Å². The van der Waals surface area contributed by atoms with Gasteiger partial charge in [0.1, 0.15) is 0 Å². The fourth-order valence-corrected chi connectivity index (χ4v) is 4.00. The number of hydrogen-bond acceptors (Lipinski definition) is 4. The molecule has 0 heterocycles. The van der Waals surface area contributed by atoms with E-state index in [2.05, 4.69) is 0 Å². The second kappa shape index (κ2) is 7.94. The van der Waals surface area contributed by atoms with Crippen LogP contribution in [-0.4, -0.2) is 23.5 Å². The zero-order chi connectivity index (χ0) is 15.2. The smallest absolute Gasteiger partial charge is 0.331 e. The second-order valence-electron chi connectivity index (χ2n) is 5.36. The van der Waals surface area contributed by atoms with Gasteiger partial charge >= 0.3 is 7.60 Å². The van der Waals surface area contributed by atoms with Crippen LogP contribution in [0.2, 0.25) is 0 Å². The molecule has 0 fully saturated rings. The third kappa shape index (κ3) is 6.19. The molecule has 0 saturated carbocycles. The molecule has 0 aliphatic carbocycles. The summed E-state index contributed by atoms with van der Waals surface area (Å²) in [5.41, 5.74) is 0.813. The maximum atomic E-state index is 12.6. The minimum Gasteiger partial charge on any atom is -0.388 e. The quantitative estimate of drug-likeness (QED) is 0.733. The molecule has 1 N–H and O–H groups in total. The summed E-state index contributed by atoms with van der Waals surface area (Å²) < 4.78 is 23.5. The van der Waals surface area contributed by atoms with E-state index in [1.54, 1.807) is 0 Å². The maximum absolute atomic E-state index is 12.6. The first-order chi connectivity index (χ1) is 9.32. The molecular formula is C15H25O4P. The Hall–Kier alpha value is -0.670. The maximum Gasteiger partial charge on any atom is 0.331 e. The van der Waals surface area contributed by atoms with Crippen molar-refractivity contribution >= 4 is 7.60 Å². The fraction of sp³-hybridized carbons (Fsp3) is 0.600. The van der Waals surface area contributed by atoms with Crippen molar-refractivity contribution < 1.29 is 18.7 Å². The van der Waals surface area contributed by atoms with Crippen LogP contribution in [0.4, 0.5) is 0 Å². The highest BCUT2D eigenvalue weighted by Gasteiger charge is 2.28. The molecule has 0 aromatic heterocycles. The monoisotopic (exact) mass is 300 g/mol. The van der Waals surface area contributed by atoms with Crippen LogP contribution in [0, 0.1) is 0 Å². The lowest BCUT2D eigenvalue weighted by atomic mass is 10.1. The van der Waals surface area contributed by atoms with Gasteiger partial charge in [-0.25, -0.2) is 0 Å². The average Bonchev–Trinajstić information content (AvgIpc) is 2.35. The highest BCUT2D eigenvalue weighted by Crippen LogP contribution is 2.51. The van der Waals surface area contributed by atoms with Crippen LogP contribution in [0.1, 0.15) is 45.8 Å². The number of rotatable bonds is 8. The lowest BCUT2D eigenvalue weighted by Gasteiger charge is -2.23. The number of aliphatic hydroxyl groups excluding tert-OH is 1. The summed E-state index contributed by atoms with van der Waals surface area (Å²) in [6.45, 7) is 7.29. The summed E-state index contributed by atoms with van der Waals surface area (Å²) in [5.74, 6) is 0. The van der Waals surface area contributed by atoms with Gasteiger partial charge in [-0.1, -0.05) is 30.3 Å². The minimum atomic E-state index is -3.17. The molecule has 0 amide bonds. The summed E-state index contributed by atoms with van der Waals surface area (Å²) in [7, 11) is -3.17. The van der Waals surface area contributed by atoms with Crippen molar-refractivity contribution in [2.24, 2.45) is 0 Å². The van der Waals surface area contributed by atoms with E-state index in [1.807, 2.05) is 58.0 Å². The van der Waals surface area contributed by atoms with Gasteiger partial charge in [-0.05, 0) is 39.7 Å². The molecule has 0 saturated heterocycles. The second-order valence-corrected chi connectivity index (χ2v) is 7.45. The van der Waals surface area contributed by atoms with E-state index < -0.39 is 13.7 Å². The van der Waals surface area contributed by atoms with Gasteiger partial charge in [0, 0.05) is 0 Å². The highest BCUT2D eigenvalue weighted by atomic mass is 31.2. The molecule has 1 atom stereocenters. The van der Waals surface area contributed by atoms with E-state index in [0.717, 1.165) is 5.56 Å². The molecular weight excluding hydrogens is 275 g/mol. The zero-order valence-electron chi connectivity index (χ0n) is 12.7. The van der Waals surface area contributed by atoms with Crippen LogP contribution < -0.4 is 0 Å². The lowest BCUT2D eigenvalue weighted by Crippen LogP contribution is -2.12. The molecule has 1 aromatic rings. The first-order valence-electron chi connectivity index (χ1n) is 7.01.